The van der Waals surface area contributed by atoms with E-state index < -0.39 is 10.0 Å². The van der Waals surface area contributed by atoms with Gasteiger partial charge in [-0.15, -0.1) is 0 Å². The quantitative estimate of drug-likeness (QED) is 0.836. The van der Waals surface area contributed by atoms with Crippen LogP contribution in [0.5, 0.6) is 0 Å². The Labute approximate surface area is 132 Å². The van der Waals surface area contributed by atoms with Crippen molar-refractivity contribution in [2.45, 2.75) is 25.8 Å². The van der Waals surface area contributed by atoms with Crippen molar-refractivity contribution in [2.75, 3.05) is 38.4 Å². The Balaban J connectivity index is 2.02. The van der Waals surface area contributed by atoms with Crippen molar-refractivity contribution in [1.82, 2.24) is 14.3 Å². The average Bonchev–Trinajstić information content (AvgIpc) is 2.85. The minimum Gasteiger partial charge on any atom is -0.379 e. The van der Waals surface area contributed by atoms with Crippen molar-refractivity contribution < 1.29 is 13.2 Å². The van der Waals surface area contributed by atoms with Crippen LogP contribution in [0.3, 0.4) is 0 Å². The van der Waals surface area contributed by atoms with Crippen molar-refractivity contribution in [3.8, 4) is 0 Å². The predicted octanol–water partition coefficient (Wildman–Crippen LogP) is 0.918. The molecule has 0 unspecified atom stereocenters. The number of nitrogens with one attached hydrogen (secondary N) is 1. The van der Waals surface area contributed by atoms with Crippen LogP contribution >= 0.6 is 0 Å². The summed E-state index contributed by atoms with van der Waals surface area (Å²) in [7, 11) is -0.166. The summed E-state index contributed by atoms with van der Waals surface area (Å²) in [6.07, 6.45) is 3.59. The highest BCUT2D eigenvalue weighted by molar-refractivity contribution is 7.89. The molecular weight excluding hydrogens is 304 g/mol. The van der Waals surface area contributed by atoms with E-state index in [1.807, 2.05) is 0 Å². The van der Waals surface area contributed by atoms with Crippen molar-refractivity contribution in [3.63, 3.8) is 0 Å². The molecular formula is C14H24N4O3S. The molecule has 2 heterocycles. The topological polar surface area (TPSA) is 84.4 Å². The van der Waals surface area contributed by atoms with Gasteiger partial charge in [0, 0.05) is 32.4 Å². The number of anilines is 1. The monoisotopic (exact) mass is 328 g/mol. The summed E-state index contributed by atoms with van der Waals surface area (Å²) < 4.78 is 30.7. The molecule has 1 fully saturated rings. The molecule has 0 saturated carbocycles. The molecule has 0 spiro atoms. The summed E-state index contributed by atoms with van der Waals surface area (Å²) >= 11 is 0. The van der Waals surface area contributed by atoms with Gasteiger partial charge in [-0.1, -0.05) is 13.8 Å². The second kappa shape index (κ2) is 6.89. The third-order valence-corrected chi connectivity index (χ3v) is 5.79. The van der Waals surface area contributed by atoms with Gasteiger partial charge in [-0.3, -0.25) is 0 Å². The first-order valence-electron chi connectivity index (χ1n) is 7.36. The molecule has 22 heavy (non-hydrogen) atoms. The Kier molecular flexibility index (Phi) is 5.36. The number of aromatic nitrogens is 2. The van der Waals surface area contributed by atoms with Crippen LogP contribution in [0.15, 0.2) is 12.4 Å². The van der Waals surface area contributed by atoms with Gasteiger partial charge in [-0.05, 0) is 11.5 Å². The van der Waals surface area contributed by atoms with E-state index in [0.29, 0.717) is 25.1 Å². The maximum atomic E-state index is 12.0. The van der Waals surface area contributed by atoms with Crippen LogP contribution in [0.25, 0.3) is 0 Å². The van der Waals surface area contributed by atoms with Gasteiger partial charge in [0.25, 0.3) is 0 Å². The van der Waals surface area contributed by atoms with E-state index in [2.05, 4.69) is 29.1 Å². The Morgan fingerprint density at radius 1 is 1.32 bits per heavy atom. The summed E-state index contributed by atoms with van der Waals surface area (Å²) in [5, 5.41) is 3.19. The number of nitrogens with zero attached hydrogens (tertiary/aromatic N) is 3. The standard InChI is InChI=1S/C14H24N4O3S/c1-10(2)11-5-15-14(16-6-11)17-13-8-21-7-12(13)9-22(19,20)18(3)4/h5-6,10,12-13H,7-9H2,1-4H3,(H,15,16,17)/t12-,13+/m0/s1. The molecule has 1 aliphatic heterocycles. The lowest BCUT2D eigenvalue weighted by atomic mass is 10.1. The largest absolute Gasteiger partial charge is 0.379 e. The van der Waals surface area contributed by atoms with E-state index in [4.69, 9.17) is 4.74 Å². The smallest absolute Gasteiger partial charge is 0.222 e. The van der Waals surface area contributed by atoms with Gasteiger partial charge in [0.05, 0.1) is 25.0 Å². The molecule has 0 amide bonds. The van der Waals surface area contributed by atoms with Crippen LogP contribution in [-0.4, -0.2) is 61.8 Å². The fourth-order valence-electron chi connectivity index (χ4n) is 2.22. The summed E-state index contributed by atoms with van der Waals surface area (Å²) in [6.45, 7) is 5.05. The van der Waals surface area contributed by atoms with Gasteiger partial charge >= 0.3 is 0 Å². The first-order valence-corrected chi connectivity index (χ1v) is 8.97. The van der Waals surface area contributed by atoms with E-state index in [-0.39, 0.29) is 17.7 Å². The first kappa shape index (κ1) is 17.1. The normalized spacial score (nSPS) is 22.5. The van der Waals surface area contributed by atoms with Crippen LogP contribution in [0.1, 0.15) is 25.3 Å². The molecule has 1 saturated heterocycles. The SMILES string of the molecule is CC(C)c1cnc(N[C@@H]2COC[C@H]2CS(=O)(=O)N(C)C)nc1. The summed E-state index contributed by atoms with van der Waals surface area (Å²) in [5.74, 6) is 0.830. The van der Waals surface area contributed by atoms with E-state index >= 15 is 0 Å². The summed E-state index contributed by atoms with van der Waals surface area (Å²) in [5.41, 5.74) is 1.07. The number of hydrogen-bond acceptors (Lipinski definition) is 6. The van der Waals surface area contributed by atoms with Crippen LogP contribution in [-0.2, 0) is 14.8 Å². The fraction of sp³-hybridized carbons (Fsp3) is 0.714. The van der Waals surface area contributed by atoms with E-state index in [1.54, 1.807) is 26.5 Å². The second-order valence-corrected chi connectivity index (χ2v) is 8.33. The molecule has 1 aromatic rings. The molecule has 2 atom stereocenters. The highest BCUT2D eigenvalue weighted by Crippen LogP contribution is 2.20. The van der Waals surface area contributed by atoms with Crippen molar-refractivity contribution >= 4 is 16.0 Å². The maximum absolute atomic E-state index is 12.0. The molecule has 1 aliphatic rings. The Bertz CT molecular complexity index is 587. The van der Waals surface area contributed by atoms with Crippen molar-refractivity contribution in [2.24, 2.45) is 5.92 Å². The van der Waals surface area contributed by atoms with Crippen LogP contribution < -0.4 is 5.32 Å². The van der Waals surface area contributed by atoms with Crippen molar-refractivity contribution in [1.29, 1.82) is 0 Å². The van der Waals surface area contributed by atoms with Crippen molar-refractivity contribution in [3.05, 3.63) is 18.0 Å². The van der Waals surface area contributed by atoms with Gasteiger partial charge in [0.15, 0.2) is 0 Å². The lowest BCUT2D eigenvalue weighted by Gasteiger charge is -2.21. The fourth-order valence-corrected chi connectivity index (χ4v) is 3.39. The lowest BCUT2D eigenvalue weighted by molar-refractivity contribution is 0.187. The van der Waals surface area contributed by atoms with Crippen LogP contribution in [0.4, 0.5) is 5.95 Å². The minimum absolute atomic E-state index is 0.0573. The molecule has 2 rings (SSSR count). The molecule has 0 bridgehead atoms. The van der Waals surface area contributed by atoms with Gasteiger partial charge in [0.2, 0.25) is 16.0 Å². The number of hydrogen-bond donors (Lipinski definition) is 1. The van der Waals surface area contributed by atoms with E-state index in [0.717, 1.165) is 5.56 Å². The summed E-state index contributed by atoms with van der Waals surface area (Å²) in [4.78, 5) is 8.58. The third kappa shape index (κ3) is 4.15. The number of ether oxygens (including phenoxy) is 1. The maximum Gasteiger partial charge on any atom is 0.222 e. The average molecular weight is 328 g/mol. The highest BCUT2D eigenvalue weighted by atomic mass is 32.2. The third-order valence-electron chi connectivity index (χ3n) is 3.83. The molecule has 0 radical (unpaired) electrons. The molecule has 1 aromatic heterocycles. The number of sulfonamides is 1. The zero-order valence-electron chi connectivity index (χ0n) is 13.5. The number of rotatable bonds is 6. The Morgan fingerprint density at radius 3 is 2.50 bits per heavy atom. The second-order valence-electron chi connectivity index (χ2n) is 6.10. The molecule has 124 valence electrons. The van der Waals surface area contributed by atoms with E-state index in [9.17, 15) is 8.42 Å². The molecule has 0 aromatic carbocycles. The molecule has 1 N–H and O–H groups in total. The molecule has 0 aliphatic carbocycles. The molecule has 7 nitrogen and oxygen atoms in total. The van der Waals surface area contributed by atoms with Gasteiger partial charge in [-0.2, -0.15) is 0 Å². The first-order chi connectivity index (χ1) is 10.3. The minimum atomic E-state index is -3.25. The zero-order valence-corrected chi connectivity index (χ0v) is 14.3. The van der Waals surface area contributed by atoms with Gasteiger partial charge in [-0.25, -0.2) is 22.7 Å². The van der Waals surface area contributed by atoms with Gasteiger partial charge < -0.3 is 10.1 Å². The highest BCUT2D eigenvalue weighted by Gasteiger charge is 2.33. The predicted molar refractivity (Wildman–Crippen MR) is 85.3 cm³/mol. The van der Waals surface area contributed by atoms with E-state index in [1.165, 1.54) is 4.31 Å². The zero-order chi connectivity index (χ0) is 16.3. The lowest BCUT2D eigenvalue weighted by Crippen LogP contribution is -2.37. The Hall–Kier alpha value is -1.25. The van der Waals surface area contributed by atoms with Crippen LogP contribution in [0, 0.1) is 5.92 Å². The Morgan fingerprint density at radius 2 is 1.95 bits per heavy atom. The van der Waals surface area contributed by atoms with Crippen LogP contribution in [0.2, 0.25) is 0 Å². The van der Waals surface area contributed by atoms with Gasteiger partial charge in [0.1, 0.15) is 0 Å². The summed E-state index contributed by atoms with van der Waals surface area (Å²) in [6, 6.07) is -0.0976. The molecule has 8 heteroatoms.